The number of amides is 1. The second kappa shape index (κ2) is 9.49. The molecule has 2 aliphatic heterocycles. The molecule has 3 rings (SSSR count). The van der Waals surface area contributed by atoms with Crippen LogP contribution in [0.2, 0.25) is 0 Å². The van der Waals surface area contributed by atoms with Crippen molar-refractivity contribution >= 4 is 11.9 Å². The number of piperidine rings is 2. The van der Waals surface area contributed by atoms with Crippen LogP contribution >= 0.6 is 0 Å². The van der Waals surface area contributed by atoms with Gasteiger partial charge in [0.15, 0.2) is 0 Å². The van der Waals surface area contributed by atoms with Crippen LogP contribution in [-0.2, 0) is 4.79 Å². The van der Waals surface area contributed by atoms with E-state index in [2.05, 4.69) is 38.9 Å². The molecule has 1 aromatic heterocycles. The summed E-state index contributed by atoms with van der Waals surface area (Å²) >= 11 is 0. The zero-order chi connectivity index (χ0) is 19.2. The second-order valence-corrected chi connectivity index (χ2v) is 8.44. The van der Waals surface area contributed by atoms with E-state index in [1.807, 2.05) is 13.0 Å². The molecular formula is C21H35N5O. The second-order valence-electron chi connectivity index (χ2n) is 8.44. The molecule has 27 heavy (non-hydrogen) atoms. The molecule has 6 heteroatoms. The fourth-order valence-corrected chi connectivity index (χ4v) is 4.26. The van der Waals surface area contributed by atoms with Gasteiger partial charge < -0.3 is 15.1 Å². The van der Waals surface area contributed by atoms with Crippen LogP contribution in [0.4, 0.5) is 5.95 Å². The molecule has 1 unspecified atom stereocenters. The van der Waals surface area contributed by atoms with E-state index in [1.165, 1.54) is 25.9 Å². The smallest absolute Gasteiger partial charge is 0.225 e. The molecule has 1 atom stereocenters. The van der Waals surface area contributed by atoms with Gasteiger partial charge in [-0.3, -0.25) is 4.79 Å². The van der Waals surface area contributed by atoms with Gasteiger partial charge in [-0.05, 0) is 77.9 Å². The Morgan fingerprint density at radius 3 is 2.74 bits per heavy atom. The highest BCUT2D eigenvalue weighted by Gasteiger charge is 2.27. The van der Waals surface area contributed by atoms with E-state index in [0.29, 0.717) is 6.04 Å². The quantitative estimate of drug-likeness (QED) is 0.831. The minimum Gasteiger partial charge on any atom is -0.356 e. The molecule has 0 aliphatic carbocycles. The van der Waals surface area contributed by atoms with E-state index in [-0.39, 0.29) is 11.8 Å². The van der Waals surface area contributed by atoms with Gasteiger partial charge in [-0.15, -0.1) is 0 Å². The Hall–Kier alpha value is -1.69. The SMILES string of the molecule is Cc1ccnc(N2CCCC(C(=O)NCCC3CCN(C(C)C)CC3)C2)n1. The summed E-state index contributed by atoms with van der Waals surface area (Å²) in [5.41, 5.74) is 0.968. The standard InChI is InChI=1S/C21H35N5O/c1-16(2)25-13-8-18(9-14-25)7-11-22-20(27)19-5-4-12-26(15-19)21-23-10-6-17(3)24-21/h6,10,16,18-19H,4-5,7-9,11-15H2,1-3H3,(H,22,27). The monoisotopic (exact) mass is 373 g/mol. The lowest BCUT2D eigenvalue weighted by Crippen LogP contribution is -2.44. The Morgan fingerprint density at radius 1 is 1.26 bits per heavy atom. The van der Waals surface area contributed by atoms with Gasteiger partial charge in [0, 0.05) is 37.6 Å². The Kier molecular flexibility index (Phi) is 7.05. The summed E-state index contributed by atoms with van der Waals surface area (Å²) in [7, 11) is 0. The van der Waals surface area contributed by atoms with Crippen LogP contribution in [0.1, 0.15) is 51.6 Å². The highest BCUT2D eigenvalue weighted by atomic mass is 16.1. The van der Waals surface area contributed by atoms with Gasteiger partial charge >= 0.3 is 0 Å². The van der Waals surface area contributed by atoms with Crippen LogP contribution in [-0.4, -0.2) is 59.5 Å². The minimum atomic E-state index is 0.0469. The van der Waals surface area contributed by atoms with Crippen molar-refractivity contribution in [2.45, 2.75) is 58.9 Å². The number of hydrogen-bond acceptors (Lipinski definition) is 5. The lowest BCUT2D eigenvalue weighted by molar-refractivity contribution is -0.125. The van der Waals surface area contributed by atoms with Crippen LogP contribution < -0.4 is 10.2 Å². The number of carbonyl (C=O) groups is 1. The molecule has 0 spiro atoms. The first-order valence-electron chi connectivity index (χ1n) is 10.6. The molecule has 1 amide bonds. The summed E-state index contributed by atoms with van der Waals surface area (Å²) in [6.07, 6.45) is 7.40. The first-order valence-corrected chi connectivity index (χ1v) is 10.6. The van der Waals surface area contributed by atoms with E-state index >= 15 is 0 Å². The highest BCUT2D eigenvalue weighted by Crippen LogP contribution is 2.22. The molecule has 2 fully saturated rings. The maximum atomic E-state index is 12.6. The van der Waals surface area contributed by atoms with Crippen molar-refractivity contribution in [3.63, 3.8) is 0 Å². The van der Waals surface area contributed by atoms with Crippen molar-refractivity contribution in [1.82, 2.24) is 20.2 Å². The molecule has 2 aliphatic rings. The van der Waals surface area contributed by atoms with Gasteiger partial charge in [0.2, 0.25) is 11.9 Å². The average Bonchev–Trinajstić information content (AvgIpc) is 2.68. The van der Waals surface area contributed by atoms with Gasteiger partial charge in [-0.25, -0.2) is 9.97 Å². The third-order valence-electron chi connectivity index (χ3n) is 6.09. The van der Waals surface area contributed by atoms with E-state index in [4.69, 9.17) is 0 Å². The van der Waals surface area contributed by atoms with E-state index < -0.39 is 0 Å². The Balaban J connectivity index is 1.40. The lowest BCUT2D eigenvalue weighted by Gasteiger charge is -2.35. The first kappa shape index (κ1) is 20.1. The Morgan fingerprint density at radius 2 is 2.04 bits per heavy atom. The number of likely N-dealkylation sites (tertiary alicyclic amines) is 1. The van der Waals surface area contributed by atoms with E-state index in [9.17, 15) is 4.79 Å². The fourth-order valence-electron chi connectivity index (χ4n) is 4.26. The summed E-state index contributed by atoms with van der Waals surface area (Å²) in [4.78, 5) is 26.2. The number of hydrogen-bond donors (Lipinski definition) is 1. The molecular weight excluding hydrogens is 338 g/mol. The molecule has 0 radical (unpaired) electrons. The minimum absolute atomic E-state index is 0.0469. The maximum absolute atomic E-state index is 12.6. The number of carbonyl (C=O) groups excluding carboxylic acids is 1. The molecule has 0 bridgehead atoms. The third-order valence-corrected chi connectivity index (χ3v) is 6.09. The van der Waals surface area contributed by atoms with Gasteiger partial charge in [0.1, 0.15) is 0 Å². The number of aromatic nitrogens is 2. The highest BCUT2D eigenvalue weighted by molar-refractivity contribution is 5.79. The summed E-state index contributed by atoms with van der Waals surface area (Å²) in [6.45, 7) is 11.4. The predicted molar refractivity (Wildman–Crippen MR) is 109 cm³/mol. The Labute approximate surface area is 163 Å². The topological polar surface area (TPSA) is 61.4 Å². The van der Waals surface area contributed by atoms with Crippen LogP contribution in [0.3, 0.4) is 0 Å². The lowest BCUT2D eigenvalue weighted by atomic mass is 9.92. The number of nitrogens with zero attached hydrogens (tertiary/aromatic N) is 4. The van der Waals surface area contributed by atoms with Crippen molar-refractivity contribution in [2.24, 2.45) is 11.8 Å². The average molecular weight is 374 g/mol. The van der Waals surface area contributed by atoms with E-state index in [0.717, 1.165) is 56.5 Å². The Bertz CT molecular complexity index is 612. The molecule has 1 N–H and O–H groups in total. The molecule has 150 valence electrons. The van der Waals surface area contributed by atoms with Crippen molar-refractivity contribution in [2.75, 3.05) is 37.6 Å². The molecule has 2 saturated heterocycles. The zero-order valence-electron chi connectivity index (χ0n) is 17.2. The van der Waals surface area contributed by atoms with Crippen molar-refractivity contribution in [3.8, 4) is 0 Å². The summed E-state index contributed by atoms with van der Waals surface area (Å²) in [6, 6.07) is 2.56. The molecule has 0 saturated carbocycles. The largest absolute Gasteiger partial charge is 0.356 e. The van der Waals surface area contributed by atoms with Crippen molar-refractivity contribution in [3.05, 3.63) is 18.0 Å². The van der Waals surface area contributed by atoms with Gasteiger partial charge in [-0.2, -0.15) is 0 Å². The summed E-state index contributed by atoms with van der Waals surface area (Å²) < 4.78 is 0. The number of anilines is 1. The van der Waals surface area contributed by atoms with Crippen molar-refractivity contribution in [1.29, 1.82) is 0 Å². The summed E-state index contributed by atoms with van der Waals surface area (Å²) in [5.74, 6) is 1.76. The predicted octanol–water partition coefficient (Wildman–Crippen LogP) is 2.63. The molecule has 1 aromatic rings. The van der Waals surface area contributed by atoms with Crippen LogP contribution in [0.25, 0.3) is 0 Å². The normalized spacial score (nSPS) is 22.2. The summed E-state index contributed by atoms with van der Waals surface area (Å²) in [5, 5.41) is 3.20. The fraction of sp³-hybridized carbons (Fsp3) is 0.762. The molecule has 6 nitrogen and oxygen atoms in total. The zero-order valence-corrected chi connectivity index (χ0v) is 17.2. The first-order chi connectivity index (χ1) is 13.0. The van der Waals surface area contributed by atoms with Crippen LogP contribution in [0.5, 0.6) is 0 Å². The van der Waals surface area contributed by atoms with Gasteiger partial charge in [-0.1, -0.05) is 0 Å². The maximum Gasteiger partial charge on any atom is 0.225 e. The number of rotatable bonds is 6. The molecule has 3 heterocycles. The molecule has 0 aromatic carbocycles. The van der Waals surface area contributed by atoms with Gasteiger partial charge in [0.25, 0.3) is 0 Å². The number of aryl methyl sites for hydroxylation is 1. The van der Waals surface area contributed by atoms with Crippen LogP contribution in [0.15, 0.2) is 12.3 Å². The van der Waals surface area contributed by atoms with Crippen molar-refractivity contribution < 1.29 is 4.79 Å². The third kappa shape index (κ3) is 5.64. The van der Waals surface area contributed by atoms with Gasteiger partial charge in [0.05, 0.1) is 5.92 Å². The number of nitrogens with one attached hydrogen (secondary N) is 1. The van der Waals surface area contributed by atoms with Crippen LogP contribution in [0, 0.1) is 18.8 Å². The van der Waals surface area contributed by atoms with E-state index in [1.54, 1.807) is 6.20 Å².